The van der Waals surface area contributed by atoms with Crippen LogP contribution in [0.5, 0.6) is 0 Å². The Morgan fingerprint density at radius 3 is 2.86 bits per heavy atom. The molecular formula is C5H10N2. The average molecular weight is 98.1 g/mol. The molecule has 0 spiro atoms. The molecule has 1 aliphatic rings. The third-order valence-corrected chi connectivity index (χ3v) is 1.19. The van der Waals surface area contributed by atoms with Gasteiger partial charge in [0.2, 0.25) is 0 Å². The van der Waals surface area contributed by atoms with Crippen LogP contribution in [0.1, 0.15) is 12.8 Å². The van der Waals surface area contributed by atoms with Crippen LogP contribution in [0.3, 0.4) is 0 Å². The van der Waals surface area contributed by atoms with E-state index in [0.29, 0.717) is 6.54 Å². The summed E-state index contributed by atoms with van der Waals surface area (Å²) in [6.45, 7) is 1.67. The number of nitrogens with two attached hydrogens (primary N) is 1. The fraction of sp³-hybridized carbons (Fsp3) is 0.800. The van der Waals surface area contributed by atoms with E-state index in [1.165, 1.54) is 12.1 Å². The normalized spacial score (nSPS) is 19.9. The molecule has 0 saturated heterocycles. The van der Waals surface area contributed by atoms with Gasteiger partial charge in [-0.05, 0) is 12.8 Å². The molecule has 0 amide bonds. The molecule has 0 saturated carbocycles. The Kier molecular flexibility index (Phi) is 1.42. The fourth-order valence-corrected chi connectivity index (χ4v) is 0.766. The highest BCUT2D eigenvalue weighted by molar-refractivity contribution is 5.87. The van der Waals surface area contributed by atoms with Gasteiger partial charge >= 0.3 is 0 Å². The lowest BCUT2D eigenvalue weighted by Crippen LogP contribution is -2.10. The molecule has 2 nitrogen and oxygen atoms in total. The van der Waals surface area contributed by atoms with E-state index in [1.807, 2.05) is 0 Å². The second kappa shape index (κ2) is 2.07. The quantitative estimate of drug-likeness (QED) is 0.499. The van der Waals surface area contributed by atoms with Gasteiger partial charge in [-0.3, -0.25) is 4.99 Å². The van der Waals surface area contributed by atoms with Gasteiger partial charge in [-0.2, -0.15) is 0 Å². The maximum atomic E-state index is 5.30. The molecule has 0 radical (unpaired) electrons. The van der Waals surface area contributed by atoms with Crippen LogP contribution in [-0.4, -0.2) is 18.8 Å². The summed E-state index contributed by atoms with van der Waals surface area (Å²) in [6.07, 6.45) is 2.35. The standard InChI is InChI=1S/C5H10N2/c6-4-5-2-1-3-7-5/h1-4,6H2. The second-order valence-electron chi connectivity index (χ2n) is 1.76. The number of hydrogen-bond donors (Lipinski definition) is 1. The maximum Gasteiger partial charge on any atom is 0.0392 e. The Bertz CT molecular complexity index is 86.1. The topological polar surface area (TPSA) is 38.4 Å². The van der Waals surface area contributed by atoms with Crippen LogP contribution < -0.4 is 5.73 Å². The Labute approximate surface area is 43.4 Å². The van der Waals surface area contributed by atoms with Crippen molar-refractivity contribution in [1.29, 1.82) is 0 Å². The van der Waals surface area contributed by atoms with Gasteiger partial charge in [0.15, 0.2) is 0 Å². The molecular weight excluding hydrogens is 88.1 g/mol. The zero-order chi connectivity index (χ0) is 5.11. The first-order valence-corrected chi connectivity index (χ1v) is 2.66. The van der Waals surface area contributed by atoms with Crippen molar-refractivity contribution in [2.75, 3.05) is 13.1 Å². The Balaban J connectivity index is 2.36. The van der Waals surface area contributed by atoms with Crippen LogP contribution in [0, 0.1) is 0 Å². The highest BCUT2D eigenvalue weighted by Gasteiger charge is 2.01. The number of hydrogen-bond acceptors (Lipinski definition) is 2. The predicted molar refractivity (Wildman–Crippen MR) is 30.6 cm³/mol. The molecule has 0 unspecified atom stereocenters. The van der Waals surface area contributed by atoms with Crippen molar-refractivity contribution in [3.63, 3.8) is 0 Å². The van der Waals surface area contributed by atoms with Gasteiger partial charge in [0.25, 0.3) is 0 Å². The smallest absolute Gasteiger partial charge is 0.0392 e. The summed E-state index contributed by atoms with van der Waals surface area (Å²) < 4.78 is 0. The molecule has 0 bridgehead atoms. The van der Waals surface area contributed by atoms with Gasteiger partial charge in [0.05, 0.1) is 0 Å². The molecule has 2 N–H and O–H groups in total. The van der Waals surface area contributed by atoms with Crippen LogP contribution in [0.15, 0.2) is 4.99 Å². The average Bonchev–Trinajstić information content (AvgIpc) is 2.14. The Hall–Kier alpha value is -0.370. The molecule has 1 heterocycles. The monoisotopic (exact) mass is 98.1 g/mol. The van der Waals surface area contributed by atoms with Crippen LogP contribution in [-0.2, 0) is 0 Å². The summed E-state index contributed by atoms with van der Waals surface area (Å²) in [5, 5.41) is 0. The molecule has 2 heteroatoms. The zero-order valence-electron chi connectivity index (χ0n) is 4.35. The van der Waals surface area contributed by atoms with Gasteiger partial charge in [-0.1, -0.05) is 0 Å². The van der Waals surface area contributed by atoms with Crippen LogP contribution in [0.4, 0.5) is 0 Å². The van der Waals surface area contributed by atoms with E-state index in [9.17, 15) is 0 Å². The zero-order valence-corrected chi connectivity index (χ0v) is 4.35. The molecule has 0 aromatic carbocycles. The van der Waals surface area contributed by atoms with Gasteiger partial charge < -0.3 is 5.73 Å². The minimum Gasteiger partial charge on any atom is -0.326 e. The summed E-state index contributed by atoms with van der Waals surface area (Å²) in [4.78, 5) is 4.15. The number of rotatable bonds is 1. The molecule has 0 aliphatic carbocycles. The predicted octanol–water partition coefficient (Wildman–Crippen LogP) is 0.180. The summed E-state index contributed by atoms with van der Waals surface area (Å²) in [6, 6.07) is 0. The third-order valence-electron chi connectivity index (χ3n) is 1.19. The van der Waals surface area contributed by atoms with Crippen molar-refractivity contribution < 1.29 is 0 Å². The van der Waals surface area contributed by atoms with Crippen molar-refractivity contribution >= 4 is 5.71 Å². The molecule has 7 heavy (non-hydrogen) atoms. The molecule has 0 fully saturated rings. The lowest BCUT2D eigenvalue weighted by Gasteiger charge is -1.86. The van der Waals surface area contributed by atoms with Crippen molar-refractivity contribution in [2.24, 2.45) is 10.7 Å². The van der Waals surface area contributed by atoms with E-state index in [-0.39, 0.29) is 0 Å². The minimum absolute atomic E-state index is 0.667. The largest absolute Gasteiger partial charge is 0.326 e. The maximum absolute atomic E-state index is 5.30. The molecule has 40 valence electrons. The first kappa shape index (κ1) is 4.78. The first-order chi connectivity index (χ1) is 3.43. The Morgan fingerprint density at radius 2 is 2.57 bits per heavy atom. The minimum atomic E-state index is 0.667. The molecule has 0 atom stereocenters. The lowest BCUT2D eigenvalue weighted by molar-refractivity contribution is 0.949. The SMILES string of the molecule is NCC1=NCCC1. The number of nitrogens with zero attached hydrogens (tertiary/aromatic N) is 1. The molecule has 1 aliphatic heterocycles. The highest BCUT2D eigenvalue weighted by atomic mass is 14.8. The van der Waals surface area contributed by atoms with Crippen molar-refractivity contribution in [2.45, 2.75) is 12.8 Å². The second-order valence-corrected chi connectivity index (χ2v) is 1.76. The molecule has 0 aromatic rings. The van der Waals surface area contributed by atoms with Crippen LogP contribution >= 0.6 is 0 Å². The summed E-state index contributed by atoms with van der Waals surface area (Å²) in [5.74, 6) is 0. The number of aliphatic imine (C=N–C) groups is 1. The van der Waals surface area contributed by atoms with Gasteiger partial charge in [-0.25, -0.2) is 0 Å². The van der Waals surface area contributed by atoms with Crippen LogP contribution in [0.25, 0.3) is 0 Å². The van der Waals surface area contributed by atoms with E-state index in [2.05, 4.69) is 4.99 Å². The van der Waals surface area contributed by atoms with Gasteiger partial charge in [-0.15, -0.1) is 0 Å². The summed E-state index contributed by atoms with van der Waals surface area (Å²) >= 11 is 0. The highest BCUT2D eigenvalue weighted by Crippen LogP contribution is 2.00. The van der Waals surface area contributed by atoms with Crippen LogP contribution in [0.2, 0.25) is 0 Å². The van der Waals surface area contributed by atoms with Crippen molar-refractivity contribution in [3.05, 3.63) is 0 Å². The Morgan fingerprint density at radius 1 is 1.71 bits per heavy atom. The van der Waals surface area contributed by atoms with E-state index >= 15 is 0 Å². The van der Waals surface area contributed by atoms with E-state index in [4.69, 9.17) is 5.73 Å². The van der Waals surface area contributed by atoms with E-state index < -0.39 is 0 Å². The summed E-state index contributed by atoms with van der Waals surface area (Å²) in [7, 11) is 0. The third kappa shape index (κ3) is 0.996. The fourth-order valence-electron chi connectivity index (χ4n) is 0.766. The molecule has 0 aromatic heterocycles. The summed E-state index contributed by atoms with van der Waals surface area (Å²) in [5.41, 5.74) is 6.50. The van der Waals surface area contributed by atoms with Crippen molar-refractivity contribution in [1.82, 2.24) is 0 Å². The first-order valence-electron chi connectivity index (χ1n) is 2.66. The van der Waals surface area contributed by atoms with Gasteiger partial charge in [0, 0.05) is 18.8 Å². The van der Waals surface area contributed by atoms with Crippen molar-refractivity contribution in [3.8, 4) is 0 Å². The lowest BCUT2D eigenvalue weighted by atomic mass is 10.2. The van der Waals surface area contributed by atoms with E-state index in [1.54, 1.807) is 0 Å². The van der Waals surface area contributed by atoms with E-state index in [0.717, 1.165) is 13.0 Å². The van der Waals surface area contributed by atoms with Gasteiger partial charge in [0.1, 0.15) is 0 Å². The molecule has 1 rings (SSSR count).